The van der Waals surface area contributed by atoms with Crippen LogP contribution in [0.15, 0.2) is 48.5 Å². The van der Waals surface area contributed by atoms with E-state index >= 15 is 0 Å². The van der Waals surface area contributed by atoms with Gasteiger partial charge in [0.15, 0.2) is 5.78 Å². The smallest absolute Gasteiger partial charge is 0.232 e. The Morgan fingerprint density at radius 2 is 1.77 bits per heavy atom. The summed E-state index contributed by atoms with van der Waals surface area (Å²) in [5.41, 5.74) is 3.61. The maximum atomic E-state index is 12.5. The number of benzene rings is 2. The Bertz CT molecular complexity index is 716. The zero-order chi connectivity index (χ0) is 15.7. The largest absolute Gasteiger partial charge is 0.325 e. The third-order valence-electron chi connectivity index (χ3n) is 4.20. The van der Waals surface area contributed by atoms with E-state index in [0.717, 1.165) is 11.3 Å². The molecule has 2 aromatic carbocycles. The molecule has 2 aromatic rings. The standard InChI is InChI=1S/C19H19NO2/c1-12(2)13-7-9-14(10-8-13)18(21)11-16-15-5-3-4-6-17(15)20-19(16)22/h3-10,12,16H,11H2,1-2H3,(H,20,22)/t16-/m1/s1. The number of Topliss-reactive ketones (excluding diaryl/α,β-unsaturated/α-hetero) is 1. The number of hydrogen-bond donors (Lipinski definition) is 1. The van der Waals surface area contributed by atoms with Gasteiger partial charge in [-0.1, -0.05) is 56.3 Å². The van der Waals surface area contributed by atoms with Gasteiger partial charge in [-0.25, -0.2) is 0 Å². The maximum absolute atomic E-state index is 12.5. The molecule has 1 N–H and O–H groups in total. The monoisotopic (exact) mass is 293 g/mol. The van der Waals surface area contributed by atoms with Crippen LogP contribution in [0, 0.1) is 0 Å². The lowest BCUT2D eigenvalue weighted by atomic mass is 9.92. The van der Waals surface area contributed by atoms with Gasteiger partial charge in [0.2, 0.25) is 5.91 Å². The Labute approximate surface area is 130 Å². The van der Waals surface area contributed by atoms with Crippen molar-refractivity contribution >= 4 is 17.4 Å². The van der Waals surface area contributed by atoms with Crippen LogP contribution in [-0.2, 0) is 4.79 Å². The molecule has 0 aliphatic carbocycles. The maximum Gasteiger partial charge on any atom is 0.232 e. The number of carbonyl (C=O) groups excluding carboxylic acids is 2. The van der Waals surface area contributed by atoms with Gasteiger partial charge in [0.05, 0.1) is 5.92 Å². The van der Waals surface area contributed by atoms with Gasteiger partial charge < -0.3 is 5.32 Å². The Hall–Kier alpha value is -2.42. The Balaban J connectivity index is 1.78. The van der Waals surface area contributed by atoms with Gasteiger partial charge in [0.25, 0.3) is 0 Å². The molecule has 3 heteroatoms. The third kappa shape index (κ3) is 2.67. The summed E-state index contributed by atoms with van der Waals surface area (Å²) in [5, 5.41) is 2.84. The molecule has 0 bridgehead atoms. The van der Waals surface area contributed by atoms with Crippen LogP contribution >= 0.6 is 0 Å². The van der Waals surface area contributed by atoms with Crippen LogP contribution in [0.25, 0.3) is 0 Å². The van der Waals surface area contributed by atoms with Crippen molar-refractivity contribution in [3.05, 3.63) is 65.2 Å². The van der Waals surface area contributed by atoms with E-state index in [1.54, 1.807) is 0 Å². The number of hydrogen-bond acceptors (Lipinski definition) is 2. The molecule has 0 radical (unpaired) electrons. The molecule has 0 spiro atoms. The van der Waals surface area contributed by atoms with E-state index in [1.807, 2.05) is 48.5 Å². The molecule has 3 rings (SSSR count). The number of ketones is 1. The van der Waals surface area contributed by atoms with Gasteiger partial charge >= 0.3 is 0 Å². The number of carbonyl (C=O) groups is 2. The van der Waals surface area contributed by atoms with Crippen molar-refractivity contribution in [2.75, 3.05) is 5.32 Å². The fourth-order valence-corrected chi connectivity index (χ4v) is 2.84. The predicted molar refractivity (Wildman–Crippen MR) is 87.3 cm³/mol. The van der Waals surface area contributed by atoms with Crippen LogP contribution < -0.4 is 5.32 Å². The molecule has 0 fully saturated rings. The minimum atomic E-state index is -0.381. The van der Waals surface area contributed by atoms with Crippen molar-refractivity contribution in [3.8, 4) is 0 Å². The molecule has 0 aromatic heterocycles. The molecule has 112 valence electrons. The molecule has 1 amide bonds. The van der Waals surface area contributed by atoms with Crippen LogP contribution in [0.1, 0.15) is 53.6 Å². The van der Waals surface area contributed by atoms with E-state index in [9.17, 15) is 9.59 Å². The highest BCUT2D eigenvalue weighted by atomic mass is 16.2. The highest BCUT2D eigenvalue weighted by Crippen LogP contribution is 2.35. The number of amides is 1. The molecular weight excluding hydrogens is 274 g/mol. The second-order valence-electron chi connectivity index (χ2n) is 6.03. The summed E-state index contributed by atoms with van der Waals surface area (Å²) in [7, 11) is 0. The van der Waals surface area contributed by atoms with E-state index < -0.39 is 0 Å². The Kier molecular flexibility index (Phi) is 3.80. The number of anilines is 1. The lowest BCUT2D eigenvalue weighted by Crippen LogP contribution is -2.16. The first kappa shape index (κ1) is 14.5. The lowest BCUT2D eigenvalue weighted by molar-refractivity contribution is -0.117. The van der Waals surface area contributed by atoms with Crippen molar-refractivity contribution in [3.63, 3.8) is 0 Å². The number of nitrogens with one attached hydrogen (secondary N) is 1. The van der Waals surface area contributed by atoms with Gasteiger partial charge in [0, 0.05) is 17.7 Å². The minimum absolute atomic E-state index is 0.00663. The average molecular weight is 293 g/mol. The summed E-state index contributed by atoms with van der Waals surface area (Å²) < 4.78 is 0. The SMILES string of the molecule is CC(C)c1ccc(C(=O)C[C@H]2C(=O)Nc3ccccc32)cc1. The van der Waals surface area contributed by atoms with Gasteiger partial charge in [-0.15, -0.1) is 0 Å². The number of rotatable bonds is 4. The van der Waals surface area contributed by atoms with Crippen LogP contribution in [0.4, 0.5) is 5.69 Å². The second-order valence-corrected chi connectivity index (χ2v) is 6.03. The van der Waals surface area contributed by atoms with Crippen molar-refractivity contribution in [2.24, 2.45) is 0 Å². The first-order valence-electron chi connectivity index (χ1n) is 7.59. The summed E-state index contributed by atoms with van der Waals surface area (Å²) in [5.74, 6) is -0.0226. The van der Waals surface area contributed by atoms with E-state index in [0.29, 0.717) is 11.5 Å². The van der Waals surface area contributed by atoms with Gasteiger partial charge in [-0.05, 0) is 23.1 Å². The number of fused-ring (bicyclic) bond motifs is 1. The first-order valence-corrected chi connectivity index (χ1v) is 7.59. The van der Waals surface area contributed by atoms with Crippen LogP contribution in [0.3, 0.4) is 0 Å². The summed E-state index contributed by atoms with van der Waals surface area (Å²) in [4.78, 5) is 24.5. The predicted octanol–water partition coefficient (Wildman–Crippen LogP) is 4.12. The summed E-state index contributed by atoms with van der Waals surface area (Å²) >= 11 is 0. The molecule has 22 heavy (non-hydrogen) atoms. The Morgan fingerprint density at radius 1 is 1.09 bits per heavy atom. The fraction of sp³-hybridized carbons (Fsp3) is 0.263. The van der Waals surface area contributed by atoms with Crippen molar-refractivity contribution in [1.82, 2.24) is 0 Å². The van der Waals surface area contributed by atoms with E-state index in [-0.39, 0.29) is 24.0 Å². The van der Waals surface area contributed by atoms with Crippen LogP contribution in [0.5, 0.6) is 0 Å². The molecule has 1 heterocycles. The Morgan fingerprint density at radius 3 is 2.45 bits per heavy atom. The molecule has 1 aliphatic rings. The highest BCUT2D eigenvalue weighted by Gasteiger charge is 2.32. The molecule has 3 nitrogen and oxygen atoms in total. The molecule has 0 saturated heterocycles. The molecule has 1 aliphatic heterocycles. The van der Waals surface area contributed by atoms with E-state index in [2.05, 4.69) is 19.2 Å². The van der Waals surface area contributed by atoms with Crippen LogP contribution in [-0.4, -0.2) is 11.7 Å². The summed E-state index contributed by atoms with van der Waals surface area (Å²) in [6.07, 6.45) is 0.212. The quantitative estimate of drug-likeness (QED) is 0.862. The van der Waals surface area contributed by atoms with E-state index in [4.69, 9.17) is 0 Å². The van der Waals surface area contributed by atoms with Crippen molar-refractivity contribution < 1.29 is 9.59 Å². The molecular formula is C19H19NO2. The first-order chi connectivity index (χ1) is 10.6. The van der Waals surface area contributed by atoms with Gasteiger partial charge in [-0.3, -0.25) is 9.59 Å². The fourth-order valence-electron chi connectivity index (χ4n) is 2.84. The molecule has 0 saturated carbocycles. The average Bonchev–Trinajstić information content (AvgIpc) is 2.83. The minimum Gasteiger partial charge on any atom is -0.325 e. The second kappa shape index (κ2) is 5.76. The van der Waals surface area contributed by atoms with Crippen molar-refractivity contribution in [2.45, 2.75) is 32.1 Å². The highest BCUT2D eigenvalue weighted by molar-refractivity contribution is 6.07. The summed E-state index contributed by atoms with van der Waals surface area (Å²) in [6.45, 7) is 4.24. The lowest BCUT2D eigenvalue weighted by Gasteiger charge is -2.09. The zero-order valence-electron chi connectivity index (χ0n) is 12.8. The molecule has 0 unspecified atom stereocenters. The normalized spacial score (nSPS) is 16.5. The number of para-hydroxylation sites is 1. The molecule has 1 atom stereocenters. The topological polar surface area (TPSA) is 46.2 Å². The summed E-state index contributed by atoms with van der Waals surface area (Å²) in [6, 6.07) is 15.2. The van der Waals surface area contributed by atoms with E-state index in [1.165, 1.54) is 5.56 Å². The van der Waals surface area contributed by atoms with Gasteiger partial charge in [0.1, 0.15) is 0 Å². The zero-order valence-corrected chi connectivity index (χ0v) is 12.8. The van der Waals surface area contributed by atoms with Crippen molar-refractivity contribution in [1.29, 1.82) is 0 Å². The van der Waals surface area contributed by atoms with Gasteiger partial charge in [-0.2, -0.15) is 0 Å². The van der Waals surface area contributed by atoms with Crippen LogP contribution in [0.2, 0.25) is 0 Å². The third-order valence-corrected chi connectivity index (χ3v) is 4.20.